The number of nitrogens with one attached hydrogen (secondary N) is 1. The van der Waals surface area contributed by atoms with E-state index in [-0.39, 0.29) is 36.6 Å². The number of hydrogen-bond acceptors (Lipinski definition) is 5. The van der Waals surface area contributed by atoms with Gasteiger partial charge >= 0.3 is 5.97 Å². The van der Waals surface area contributed by atoms with Crippen LogP contribution in [0.3, 0.4) is 0 Å². The van der Waals surface area contributed by atoms with Crippen LogP contribution in [0.25, 0.3) is 0 Å². The third-order valence-corrected chi connectivity index (χ3v) is 5.18. The van der Waals surface area contributed by atoms with Crippen LogP contribution in [0.4, 0.5) is 5.69 Å². The number of ether oxygens (including phenoxy) is 1. The van der Waals surface area contributed by atoms with Gasteiger partial charge in [-0.25, -0.2) is 0 Å². The fourth-order valence-corrected chi connectivity index (χ4v) is 3.51. The number of carbonyl (C=O) groups excluding carboxylic acids is 4. The molecule has 1 aliphatic heterocycles. The van der Waals surface area contributed by atoms with E-state index in [0.29, 0.717) is 23.6 Å². The number of benzene rings is 1. The molecule has 0 aromatic heterocycles. The highest BCUT2D eigenvalue weighted by Gasteiger charge is 2.47. The molecule has 0 radical (unpaired) electrons. The number of hydrogen-bond donors (Lipinski definition) is 1. The average Bonchev–Trinajstić information content (AvgIpc) is 2.92. The van der Waals surface area contributed by atoms with Crippen molar-refractivity contribution in [2.45, 2.75) is 32.3 Å². The molecule has 1 N–H and O–H groups in total. The zero-order valence-corrected chi connectivity index (χ0v) is 16.1. The number of rotatable bonds is 6. The van der Waals surface area contributed by atoms with Crippen LogP contribution in [0.1, 0.15) is 26.2 Å². The number of fused-ring (bicyclic) bond motifs is 1. The first-order chi connectivity index (χ1) is 13.4. The van der Waals surface area contributed by atoms with Gasteiger partial charge in [-0.3, -0.25) is 24.1 Å². The lowest BCUT2D eigenvalue weighted by atomic mass is 9.85. The number of carbonyl (C=O) groups is 4. The van der Waals surface area contributed by atoms with Gasteiger partial charge in [0.05, 0.1) is 18.3 Å². The molecule has 28 heavy (non-hydrogen) atoms. The van der Waals surface area contributed by atoms with Crippen molar-refractivity contribution >= 4 is 41.0 Å². The molecule has 1 aliphatic carbocycles. The molecule has 1 heterocycles. The summed E-state index contributed by atoms with van der Waals surface area (Å²) in [5, 5.41) is 3.16. The molecular formula is C20H21ClN2O5. The van der Waals surface area contributed by atoms with Gasteiger partial charge in [0.2, 0.25) is 11.8 Å². The lowest BCUT2D eigenvalue weighted by molar-refractivity contribution is -0.154. The van der Waals surface area contributed by atoms with Crippen molar-refractivity contribution in [3.05, 3.63) is 41.4 Å². The molecule has 3 rings (SSSR count). The number of esters is 1. The van der Waals surface area contributed by atoms with Crippen LogP contribution >= 0.6 is 11.6 Å². The Labute approximate surface area is 167 Å². The third kappa shape index (κ3) is 4.42. The first-order valence-electron chi connectivity index (χ1n) is 9.13. The smallest absolute Gasteiger partial charge is 0.308 e. The Hall–Kier alpha value is -2.67. The lowest BCUT2D eigenvalue weighted by Gasteiger charge is -2.16. The quantitative estimate of drug-likeness (QED) is 0.447. The number of allylic oxidation sites excluding steroid dienone is 2. The van der Waals surface area contributed by atoms with Crippen LogP contribution < -0.4 is 5.32 Å². The van der Waals surface area contributed by atoms with E-state index in [2.05, 4.69) is 5.32 Å². The van der Waals surface area contributed by atoms with E-state index in [1.165, 1.54) is 6.92 Å². The maximum absolute atomic E-state index is 12.4. The second-order valence-electron chi connectivity index (χ2n) is 6.86. The van der Waals surface area contributed by atoms with Crippen LogP contribution in [-0.4, -0.2) is 41.2 Å². The van der Waals surface area contributed by atoms with Crippen molar-refractivity contribution in [3.63, 3.8) is 0 Å². The molecule has 8 heteroatoms. The summed E-state index contributed by atoms with van der Waals surface area (Å²) in [5.41, 5.74) is 0.529. The number of halogens is 1. The Balaban J connectivity index is 1.47. The van der Waals surface area contributed by atoms with Crippen molar-refractivity contribution in [1.82, 2.24) is 4.90 Å². The van der Waals surface area contributed by atoms with Gasteiger partial charge in [-0.15, -0.1) is 0 Å². The van der Waals surface area contributed by atoms with E-state index in [0.717, 1.165) is 4.90 Å². The highest BCUT2D eigenvalue weighted by Crippen LogP contribution is 2.35. The number of likely N-dealkylation sites (tertiary alicyclic amines) is 1. The van der Waals surface area contributed by atoms with E-state index >= 15 is 0 Å². The SMILES string of the molecule is C[C@H](OC(=O)CCN1C(=O)[C@H]2CC=CC[C@H]2C1=O)C(=O)Nc1ccc(Cl)cc1. The molecule has 2 aliphatic rings. The maximum atomic E-state index is 12.4. The molecule has 3 amide bonds. The van der Waals surface area contributed by atoms with Gasteiger partial charge in [-0.05, 0) is 44.0 Å². The Morgan fingerprint density at radius 3 is 2.29 bits per heavy atom. The van der Waals surface area contributed by atoms with Crippen molar-refractivity contribution in [3.8, 4) is 0 Å². The third-order valence-electron chi connectivity index (χ3n) is 4.93. The Morgan fingerprint density at radius 1 is 1.14 bits per heavy atom. The van der Waals surface area contributed by atoms with E-state index in [1.54, 1.807) is 24.3 Å². The van der Waals surface area contributed by atoms with E-state index in [4.69, 9.17) is 16.3 Å². The topological polar surface area (TPSA) is 92.8 Å². The van der Waals surface area contributed by atoms with Crippen molar-refractivity contribution in [2.75, 3.05) is 11.9 Å². The Bertz CT molecular complexity index is 794. The molecule has 1 fully saturated rings. The zero-order chi connectivity index (χ0) is 20.3. The molecule has 0 spiro atoms. The molecule has 1 aromatic rings. The summed E-state index contributed by atoms with van der Waals surface area (Å²) in [6.45, 7) is 1.42. The van der Waals surface area contributed by atoms with Crippen LogP contribution in [0.15, 0.2) is 36.4 Å². The Kier molecular flexibility index (Phi) is 6.14. The minimum absolute atomic E-state index is 0.0327. The van der Waals surface area contributed by atoms with E-state index in [1.807, 2.05) is 12.2 Å². The number of amides is 3. The van der Waals surface area contributed by atoms with Crippen molar-refractivity contribution < 1.29 is 23.9 Å². The molecule has 3 atom stereocenters. The second kappa shape index (κ2) is 8.56. The molecule has 148 valence electrons. The van der Waals surface area contributed by atoms with Crippen LogP contribution in [0.5, 0.6) is 0 Å². The van der Waals surface area contributed by atoms with Gasteiger partial charge in [0.15, 0.2) is 6.10 Å². The summed E-state index contributed by atoms with van der Waals surface area (Å²) in [5.74, 6) is -2.25. The molecular weight excluding hydrogens is 384 g/mol. The number of anilines is 1. The summed E-state index contributed by atoms with van der Waals surface area (Å²) < 4.78 is 5.12. The summed E-state index contributed by atoms with van der Waals surface area (Å²) in [7, 11) is 0. The monoisotopic (exact) mass is 404 g/mol. The van der Waals surface area contributed by atoms with Crippen molar-refractivity contribution in [1.29, 1.82) is 0 Å². The Morgan fingerprint density at radius 2 is 1.71 bits per heavy atom. The first-order valence-corrected chi connectivity index (χ1v) is 9.50. The standard InChI is InChI=1S/C20H21ClN2O5/c1-12(18(25)22-14-8-6-13(21)7-9-14)28-17(24)10-11-23-19(26)15-4-2-3-5-16(15)20(23)27/h2-3,6-9,12,15-16H,4-5,10-11H2,1H3,(H,22,25)/t12-,15-,16+/m0/s1. The van der Waals surface area contributed by atoms with Crippen LogP contribution in [0, 0.1) is 11.8 Å². The predicted octanol–water partition coefficient (Wildman–Crippen LogP) is 2.55. The van der Waals surface area contributed by atoms with Gasteiger partial charge in [-0.2, -0.15) is 0 Å². The number of imide groups is 1. The minimum Gasteiger partial charge on any atom is -0.452 e. The molecule has 0 saturated carbocycles. The number of nitrogens with zero attached hydrogens (tertiary/aromatic N) is 1. The fourth-order valence-electron chi connectivity index (χ4n) is 3.38. The summed E-state index contributed by atoms with van der Waals surface area (Å²) >= 11 is 5.79. The minimum atomic E-state index is -1.01. The highest BCUT2D eigenvalue weighted by molar-refractivity contribution is 6.30. The summed E-state index contributed by atoms with van der Waals surface area (Å²) in [4.78, 5) is 50.1. The van der Waals surface area contributed by atoms with Crippen LogP contribution in [0.2, 0.25) is 5.02 Å². The van der Waals surface area contributed by atoms with Gasteiger partial charge < -0.3 is 10.1 Å². The fraction of sp³-hybridized carbons (Fsp3) is 0.400. The molecule has 0 bridgehead atoms. The van der Waals surface area contributed by atoms with Crippen molar-refractivity contribution in [2.24, 2.45) is 11.8 Å². The molecule has 1 saturated heterocycles. The lowest BCUT2D eigenvalue weighted by Crippen LogP contribution is -2.35. The molecule has 0 unspecified atom stereocenters. The van der Waals surface area contributed by atoms with E-state index in [9.17, 15) is 19.2 Å². The summed E-state index contributed by atoms with van der Waals surface area (Å²) in [6.07, 6.45) is 3.76. The summed E-state index contributed by atoms with van der Waals surface area (Å²) in [6, 6.07) is 6.53. The van der Waals surface area contributed by atoms with E-state index < -0.39 is 18.0 Å². The second-order valence-corrected chi connectivity index (χ2v) is 7.30. The maximum Gasteiger partial charge on any atom is 0.308 e. The predicted molar refractivity (Wildman–Crippen MR) is 102 cm³/mol. The van der Waals surface area contributed by atoms with Gasteiger partial charge in [0.1, 0.15) is 0 Å². The first kappa shape index (κ1) is 20.1. The zero-order valence-electron chi connectivity index (χ0n) is 15.4. The van der Waals surface area contributed by atoms with Crippen LogP contribution in [-0.2, 0) is 23.9 Å². The van der Waals surface area contributed by atoms with Gasteiger partial charge in [-0.1, -0.05) is 23.8 Å². The average molecular weight is 405 g/mol. The normalized spacial score (nSPS) is 22.0. The largest absolute Gasteiger partial charge is 0.452 e. The highest BCUT2D eigenvalue weighted by atomic mass is 35.5. The molecule has 1 aromatic carbocycles. The molecule has 7 nitrogen and oxygen atoms in total. The van der Waals surface area contributed by atoms with Gasteiger partial charge in [0, 0.05) is 17.3 Å². The van der Waals surface area contributed by atoms with Gasteiger partial charge in [0.25, 0.3) is 5.91 Å².